The van der Waals surface area contributed by atoms with Crippen molar-refractivity contribution in [1.29, 1.82) is 0 Å². The van der Waals surface area contributed by atoms with E-state index in [0.29, 0.717) is 10.0 Å². The van der Waals surface area contributed by atoms with Crippen LogP contribution in [0.1, 0.15) is 11.1 Å². The SMILES string of the molecule is Oc1ccc(/C=C/c2cc(O)cc(O)c2Br)cc1. The standard InChI is InChI=1S/C14H11BrO3/c15-14-10(7-12(17)8-13(14)18)4-1-9-2-5-11(16)6-3-9/h1-8,16-18H/b4-1+. The fourth-order valence-electron chi connectivity index (χ4n) is 1.51. The molecule has 0 amide bonds. The van der Waals surface area contributed by atoms with Gasteiger partial charge in [-0.05, 0) is 45.3 Å². The van der Waals surface area contributed by atoms with Crippen LogP contribution in [0.3, 0.4) is 0 Å². The smallest absolute Gasteiger partial charge is 0.134 e. The Bertz CT molecular complexity index is 589. The molecule has 18 heavy (non-hydrogen) atoms. The zero-order chi connectivity index (χ0) is 13.1. The highest BCUT2D eigenvalue weighted by atomic mass is 79.9. The zero-order valence-electron chi connectivity index (χ0n) is 9.34. The summed E-state index contributed by atoms with van der Waals surface area (Å²) in [5.41, 5.74) is 1.57. The van der Waals surface area contributed by atoms with Gasteiger partial charge in [-0.3, -0.25) is 0 Å². The maximum atomic E-state index is 9.54. The van der Waals surface area contributed by atoms with E-state index in [1.807, 2.05) is 6.08 Å². The second-order valence-corrected chi connectivity index (χ2v) is 4.59. The van der Waals surface area contributed by atoms with Gasteiger partial charge in [0.25, 0.3) is 0 Å². The molecule has 0 saturated carbocycles. The minimum Gasteiger partial charge on any atom is -0.508 e. The molecule has 2 aromatic carbocycles. The fourth-order valence-corrected chi connectivity index (χ4v) is 1.87. The van der Waals surface area contributed by atoms with Gasteiger partial charge in [-0.2, -0.15) is 0 Å². The van der Waals surface area contributed by atoms with Crippen LogP contribution in [-0.4, -0.2) is 15.3 Å². The Balaban J connectivity index is 2.31. The van der Waals surface area contributed by atoms with Gasteiger partial charge < -0.3 is 15.3 Å². The first-order chi connectivity index (χ1) is 8.56. The topological polar surface area (TPSA) is 60.7 Å². The van der Waals surface area contributed by atoms with Gasteiger partial charge in [0, 0.05) is 6.07 Å². The monoisotopic (exact) mass is 306 g/mol. The van der Waals surface area contributed by atoms with Crippen LogP contribution in [0, 0.1) is 0 Å². The molecule has 0 radical (unpaired) electrons. The lowest BCUT2D eigenvalue weighted by atomic mass is 10.1. The number of benzene rings is 2. The lowest BCUT2D eigenvalue weighted by Gasteiger charge is -2.03. The van der Waals surface area contributed by atoms with Gasteiger partial charge in [0.15, 0.2) is 0 Å². The summed E-state index contributed by atoms with van der Waals surface area (Å²) in [7, 11) is 0. The first-order valence-corrected chi connectivity index (χ1v) is 6.04. The van der Waals surface area contributed by atoms with E-state index in [0.717, 1.165) is 5.56 Å². The van der Waals surface area contributed by atoms with E-state index in [4.69, 9.17) is 5.11 Å². The molecule has 0 heterocycles. The van der Waals surface area contributed by atoms with Crippen molar-refractivity contribution in [3.05, 3.63) is 52.0 Å². The number of hydrogen-bond acceptors (Lipinski definition) is 3. The molecule has 4 heteroatoms. The van der Waals surface area contributed by atoms with Crippen molar-refractivity contribution in [1.82, 2.24) is 0 Å². The molecular weight excluding hydrogens is 296 g/mol. The van der Waals surface area contributed by atoms with Gasteiger partial charge in [0.05, 0.1) is 4.47 Å². The maximum absolute atomic E-state index is 9.54. The molecule has 2 aromatic rings. The third kappa shape index (κ3) is 2.84. The van der Waals surface area contributed by atoms with Crippen molar-refractivity contribution in [2.24, 2.45) is 0 Å². The summed E-state index contributed by atoms with van der Waals surface area (Å²) in [5.74, 6) is 0.199. The Morgan fingerprint density at radius 3 is 2.17 bits per heavy atom. The van der Waals surface area contributed by atoms with E-state index in [1.165, 1.54) is 6.07 Å². The molecule has 0 atom stereocenters. The van der Waals surface area contributed by atoms with E-state index in [9.17, 15) is 10.2 Å². The van der Waals surface area contributed by atoms with Crippen LogP contribution >= 0.6 is 15.9 Å². The number of aromatic hydroxyl groups is 3. The van der Waals surface area contributed by atoms with Crippen molar-refractivity contribution >= 4 is 28.1 Å². The molecule has 0 aromatic heterocycles. The molecule has 0 saturated heterocycles. The minimum atomic E-state index is -0.0136. The number of phenols is 3. The van der Waals surface area contributed by atoms with E-state index in [1.54, 1.807) is 36.4 Å². The second kappa shape index (κ2) is 5.14. The van der Waals surface area contributed by atoms with Gasteiger partial charge in [-0.25, -0.2) is 0 Å². The van der Waals surface area contributed by atoms with Crippen LogP contribution in [0.15, 0.2) is 40.9 Å². The number of phenolic OH excluding ortho intramolecular Hbond substituents is 3. The van der Waals surface area contributed by atoms with Gasteiger partial charge in [0.2, 0.25) is 0 Å². The molecule has 3 N–H and O–H groups in total. The van der Waals surface area contributed by atoms with E-state index < -0.39 is 0 Å². The second-order valence-electron chi connectivity index (χ2n) is 3.79. The van der Waals surface area contributed by atoms with Crippen LogP contribution in [0.4, 0.5) is 0 Å². The van der Waals surface area contributed by atoms with Gasteiger partial charge in [-0.15, -0.1) is 0 Å². The van der Waals surface area contributed by atoms with Crippen LogP contribution in [-0.2, 0) is 0 Å². The minimum absolute atomic E-state index is 0.000978. The van der Waals surface area contributed by atoms with Crippen LogP contribution in [0.2, 0.25) is 0 Å². The summed E-state index contributed by atoms with van der Waals surface area (Å²) in [6, 6.07) is 9.52. The number of halogens is 1. The highest BCUT2D eigenvalue weighted by Gasteiger charge is 2.04. The molecule has 0 bridgehead atoms. The van der Waals surface area contributed by atoms with Gasteiger partial charge in [-0.1, -0.05) is 24.3 Å². The van der Waals surface area contributed by atoms with Crippen LogP contribution in [0.5, 0.6) is 17.2 Å². The van der Waals surface area contributed by atoms with E-state index in [-0.39, 0.29) is 17.2 Å². The van der Waals surface area contributed by atoms with E-state index >= 15 is 0 Å². The predicted molar refractivity (Wildman–Crippen MR) is 74.5 cm³/mol. The molecule has 0 aliphatic carbocycles. The third-order valence-electron chi connectivity index (χ3n) is 2.41. The summed E-state index contributed by atoms with van der Waals surface area (Å²) in [4.78, 5) is 0. The quantitative estimate of drug-likeness (QED) is 0.741. The average Bonchev–Trinajstić information content (AvgIpc) is 2.34. The first kappa shape index (κ1) is 12.5. The lowest BCUT2D eigenvalue weighted by Crippen LogP contribution is -1.78. The summed E-state index contributed by atoms with van der Waals surface area (Å²) in [5, 5.41) is 28.1. The summed E-state index contributed by atoms with van der Waals surface area (Å²) in [6.07, 6.45) is 3.58. The Hall–Kier alpha value is -1.94. The van der Waals surface area contributed by atoms with Crippen molar-refractivity contribution in [2.45, 2.75) is 0 Å². The van der Waals surface area contributed by atoms with Gasteiger partial charge in [0.1, 0.15) is 17.2 Å². The zero-order valence-corrected chi connectivity index (χ0v) is 10.9. The Morgan fingerprint density at radius 1 is 0.833 bits per heavy atom. The van der Waals surface area contributed by atoms with Gasteiger partial charge >= 0.3 is 0 Å². The largest absolute Gasteiger partial charge is 0.508 e. The third-order valence-corrected chi connectivity index (χ3v) is 3.28. The average molecular weight is 307 g/mol. The number of hydrogen-bond donors (Lipinski definition) is 3. The normalized spacial score (nSPS) is 10.9. The van der Waals surface area contributed by atoms with Crippen molar-refractivity contribution in [3.8, 4) is 17.2 Å². The Kier molecular flexibility index (Phi) is 3.58. The lowest BCUT2D eigenvalue weighted by molar-refractivity contribution is 0.448. The summed E-state index contributed by atoms with van der Waals surface area (Å²) in [6.45, 7) is 0. The summed E-state index contributed by atoms with van der Waals surface area (Å²) < 4.78 is 0.523. The first-order valence-electron chi connectivity index (χ1n) is 5.25. The molecule has 0 fully saturated rings. The molecule has 0 aliphatic rings. The number of rotatable bonds is 2. The van der Waals surface area contributed by atoms with Crippen LogP contribution in [0.25, 0.3) is 12.2 Å². The molecule has 3 nitrogen and oxygen atoms in total. The Morgan fingerprint density at radius 2 is 1.50 bits per heavy atom. The van der Waals surface area contributed by atoms with Crippen molar-refractivity contribution in [2.75, 3.05) is 0 Å². The molecule has 92 valence electrons. The molecule has 2 rings (SSSR count). The van der Waals surface area contributed by atoms with Crippen molar-refractivity contribution < 1.29 is 15.3 Å². The maximum Gasteiger partial charge on any atom is 0.134 e. The molecule has 0 spiro atoms. The van der Waals surface area contributed by atoms with Crippen LogP contribution < -0.4 is 0 Å². The van der Waals surface area contributed by atoms with E-state index in [2.05, 4.69) is 15.9 Å². The highest BCUT2D eigenvalue weighted by Crippen LogP contribution is 2.33. The van der Waals surface area contributed by atoms with Crippen molar-refractivity contribution in [3.63, 3.8) is 0 Å². The summed E-state index contributed by atoms with van der Waals surface area (Å²) >= 11 is 3.25. The predicted octanol–water partition coefficient (Wildman–Crippen LogP) is 3.74. The Labute approximate surface area is 113 Å². The molecular formula is C14H11BrO3. The molecule has 0 aliphatic heterocycles. The highest BCUT2D eigenvalue weighted by molar-refractivity contribution is 9.10. The molecule has 0 unspecified atom stereocenters. The fraction of sp³-hybridized carbons (Fsp3) is 0.